The van der Waals surface area contributed by atoms with E-state index in [1.807, 2.05) is 0 Å². The monoisotopic (exact) mass is 370 g/mol. The third kappa shape index (κ3) is 5.96. The Morgan fingerprint density at radius 3 is 2.28 bits per heavy atom. The average molecular weight is 370 g/mol. The van der Waals surface area contributed by atoms with Crippen molar-refractivity contribution in [2.24, 2.45) is 0 Å². The summed E-state index contributed by atoms with van der Waals surface area (Å²) in [4.78, 5) is 11.5. The maximum Gasteiger partial charge on any atom is 0.573 e. The quantitative estimate of drug-likeness (QED) is 0.622. The molecule has 0 atom stereocenters. The summed E-state index contributed by atoms with van der Waals surface area (Å²) < 4.78 is 44.7. The molecule has 0 amide bonds. The predicted molar refractivity (Wildman–Crippen MR) is 90.7 cm³/mol. The number of ether oxygens (including phenoxy) is 2. The van der Waals surface area contributed by atoms with Crippen molar-refractivity contribution < 1.29 is 27.4 Å². The number of thiocarbonyl (C=S) groups is 1. The summed E-state index contributed by atoms with van der Waals surface area (Å²) in [5.74, 6) is -0.814. The molecule has 2 aromatic rings. The van der Waals surface area contributed by atoms with Gasteiger partial charge in [0.2, 0.25) is 0 Å². The Hall–Kier alpha value is -2.81. The lowest BCUT2D eigenvalue weighted by molar-refractivity contribution is -0.274. The lowest BCUT2D eigenvalue weighted by Crippen LogP contribution is -2.19. The molecule has 0 heterocycles. The zero-order valence-corrected chi connectivity index (χ0v) is 13.7. The molecule has 0 unspecified atom stereocenters. The van der Waals surface area contributed by atoms with Crippen LogP contribution in [-0.2, 0) is 4.74 Å². The average Bonchev–Trinajstić information content (AvgIpc) is 2.54. The molecule has 0 aliphatic carbocycles. The van der Waals surface area contributed by atoms with Gasteiger partial charge in [0.15, 0.2) is 5.11 Å². The number of carbonyl (C=O) groups is 1. The van der Waals surface area contributed by atoms with Gasteiger partial charge in [0.25, 0.3) is 0 Å². The van der Waals surface area contributed by atoms with E-state index in [0.29, 0.717) is 16.9 Å². The van der Waals surface area contributed by atoms with Crippen molar-refractivity contribution in [2.45, 2.75) is 6.36 Å². The minimum atomic E-state index is -4.74. The van der Waals surface area contributed by atoms with Crippen LogP contribution in [-0.4, -0.2) is 24.6 Å². The molecular formula is C16H13F3N2O3S. The van der Waals surface area contributed by atoms with Crippen LogP contribution in [0, 0.1) is 0 Å². The van der Waals surface area contributed by atoms with Crippen LogP contribution in [0.5, 0.6) is 5.75 Å². The first kappa shape index (κ1) is 18.5. The van der Waals surface area contributed by atoms with Gasteiger partial charge in [-0.1, -0.05) is 6.07 Å². The number of methoxy groups -OCH3 is 1. The van der Waals surface area contributed by atoms with E-state index in [0.717, 1.165) is 12.1 Å². The number of esters is 1. The van der Waals surface area contributed by atoms with Gasteiger partial charge in [-0.05, 0) is 54.7 Å². The lowest BCUT2D eigenvalue weighted by atomic mass is 10.2. The number of anilines is 2. The fourth-order valence-corrected chi connectivity index (χ4v) is 2.11. The summed E-state index contributed by atoms with van der Waals surface area (Å²) in [5.41, 5.74) is 1.37. The van der Waals surface area contributed by atoms with Gasteiger partial charge in [0.1, 0.15) is 5.75 Å². The van der Waals surface area contributed by atoms with Crippen molar-refractivity contribution in [3.63, 3.8) is 0 Å². The molecule has 2 rings (SSSR count). The normalized spacial score (nSPS) is 10.7. The first-order chi connectivity index (χ1) is 11.8. The molecule has 0 saturated carbocycles. The van der Waals surface area contributed by atoms with Gasteiger partial charge in [0, 0.05) is 11.4 Å². The molecule has 0 radical (unpaired) electrons. The number of benzene rings is 2. The summed E-state index contributed by atoms with van der Waals surface area (Å²) in [7, 11) is 1.28. The van der Waals surface area contributed by atoms with E-state index in [1.165, 1.54) is 19.2 Å². The highest BCUT2D eigenvalue weighted by atomic mass is 32.1. The van der Waals surface area contributed by atoms with Crippen molar-refractivity contribution in [1.82, 2.24) is 0 Å². The van der Waals surface area contributed by atoms with Gasteiger partial charge in [-0.3, -0.25) is 0 Å². The van der Waals surface area contributed by atoms with E-state index < -0.39 is 12.3 Å². The third-order valence-electron chi connectivity index (χ3n) is 2.89. The molecule has 9 heteroatoms. The van der Waals surface area contributed by atoms with Crippen molar-refractivity contribution in [3.05, 3.63) is 54.1 Å². The molecule has 0 spiro atoms. The fraction of sp³-hybridized carbons (Fsp3) is 0.125. The highest BCUT2D eigenvalue weighted by Crippen LogP contribution is 2.24. The Morgan fingerprint density at radius 2 is 1.68 bits per heavy atom. The maximum absolute atomic E-state index is 12.1. The van der Waals surface area contributed by atoms with E-state index in [1.54, 1.807) is 24.3 Å². The Balaban J connectivity index is 1.97. The Labute approximate surface area is 146 Å². The second-order valence-corrected chi connectivity index (χ2v) is 5.13. The van der Waals surface area contributed by atoms with Crippen molar-refractivity contribution in [3.8, 4) is 5.75 Å². The minimum absolute atomic E-state index is 0.200. The van der Waals surface area contributed by atoms with Gasteiger partial charge >= 0.3 is 12.3 Å². The summed E-state index contributed by atoms with van der Waals surface area (Å²) in [5, 5.41) is 5.87. The maximum atomic E-state index is 12.1. The number of hydrogen-bond acceptors (Lipinski definition) is 4. The van der Waals surface area contributed by atoms with Gasteiger partial charge in [-0.25, -0.2) is 4.79 Å². The van der Waals surface area contributed by atoms with E-state index in [4.69, 9.17) is 12.2 Å². The molecule has 2 N–H and O–H groups in total. The minimum Gasteiger partial charge on any atom is -0.465 e. The number of alkyl halides is 3. The number of halogens is 3. The molecule has 0 bridgehead atoms. The predicted octanol–water partition coefficient (Wildman–Crippen LogP) is 4.18. The second-order valence-electron chi connectivity index (χ2n) is 4.72. The van der Waals surface area contributed by atoms with Crippen LogP contribution in [0.4, 0.5) is 24.5 Å². The number of carbonyl (C=O) groups excluding carboxylic acids is 1. The Morgan fingerprint density at radius 1 is 1.04 bits per heavy atom. The van der Waals surface area contributed by atoms with Crippen molar-refractivity contribution >= 4 is 34.7 Å². The van der Waals surface area contributed by atoms with E-state index in [2.05, 4.69) is 20.1 Å². The first-order valence-corrected chi connectivity index (χ1v) is 7.30. The standard InChI is InChI=1S/C16H13F3N2O3S/c1-23-14(22)10-3-2-4-12(9-10)21-15(25)20-11-5-7-13(8-6-11)24-16(17,18)19/h2-9H,1H3,(H2,20,21,25). The smallest absolute Gasteiger partial charge is 0.465 e. The molecular weight excluding hydrogens is 357 g/mol. The number of nitrogens with one attached hydrogen (secondary N) is 2. The molecule has 0 fully saturated rings. The van der Waals surface area contributed by atoms with E-state index >= 15 is 0 Å². The summed E-state index contributed by atoms with van der Waals surface area (Å²) in [6.45, 7) is 0. The first-order valence-electron chi connectivity index (χ1n) is 6.89. The van der Waals surface area contributed by atoms with E-state index in [-0.39, 0.29) is 10.9 Å². The van der Waals surface area contributed by atoms with Gasteiger partial charge in [-0.15, -0.1) is 13.2 Å². The SMILES string of the molecule is COC(=O)c1cccc(NC(=S)Nc2ccc(OC(F)(F)F)cc2)c1. The van der Waals surface area contributed by atoms with Crippen molar-refractivity contribution in [1.29, 1.82) is 0 Å². The molecule has 0 saturated heterocycles. The highest BCUT2D eigenvalue weighted by Gasteiger charge is 2.30. The van der Waals surface area contributed by atoms with Gasteiger partial charge in [0.05, 0.1) is 12.7 Å². The van der Waals surface area contributed by atoms with Gasteiger partial charge in [-0.2, -0.15) is 0 Å². The molecule has 132 valence electrons. The van der Waals surface area contributed by atoms with Gasteiger partial charge < -0.3 is 20.1 Å². The molecule has 0 aromatic heterocycles. The van der Waals surface area contributed by atoms with Crippen LogP contribution in [0.25, 0.3) is 0 Å². The van der Waals surface area contributed by atoms with Crippen LogP contribution < -0.4 is 15.4 Å². The highest BCUT2D eigenvalue weighted by molar-refractivity contribution is 7.80. The molecule has 5 nitrogen and oxygen atoms in total. The summed E-state index contributed by atoms with van der Waals surface area (Å²) >= 11 is 5.13. The lowest BCUT2D eigenvalue weighted by Gasteiger charge is -2.12. The molecule has 0 aliphatic heterocycles. The van der Waals surface area contributed by atoms with Crippen LogP contribution >= 0.6 is 12.2 Å². The van der Waals surface area contributed by atoms with Crippen molar-refractivity contribution in [2.75, 3.05) is 17.7 Å². The summed E-state index contributed by atoms with van der Waals surface area (Å²) in [6, 6.07) is 11.6. The van der Waals surface area contributed by atoms with Crippen LogP contribution in [0.1, 0.15) is 10.4 Å². The Bertz CT molecular complexity index is 764. The van der Waals surface area contributed by atoms with Crippen LogP contribution in [0.2, 0.25) is 0 Å². The largest absolute Gasteiger partial charge is 0.573 e. The fourth-order valence-electron chi connectivity index (χ4n) is 1.88. The number of hydrogen-bond donors (Lipinski definition) is 2. The van der Waals surface area contributed by atoms with Crippen LogP contribution in [0.3, 0.4) is 0 Å². The number of rotatable bonds is 4. The second kappa shape index (κ2) is 7.84. The molecule has 0 aliphatic rings. The van der Waals surface area contributed by atoms with E-state index in [9.17, 15) is 18.0 Å². The molecule has 25 heavy (non-hydrogen) atoms. The Kier molecular flexibility index (Phi) is 5.81. The van der Waals surface area contributed by atoms with Crippen LogP contribution in [0.15, 0.2) is 48.5 Å². The summed E-state index contributed by atoms with van der Waals surface area (Å²) in [6.07, 6.45) is -4.74. The third-order valence-corrected chi connectivity index (χ3v) is 3.09. The zero-order chi connectivity index (χ0) is 18.4. The zero-order valence-electron chi connectivity index (χ0n) is 12.9. The topological polar surface area (TPSA) is 59.6 Å². The molecule has 2 aromatic carbocycles.